The molecular formula is C12H24N2O2. The van der Waals surface area contributed by atoms with E-state index >= 15 is 0 Å². The van der Waals surface area contributed by atoms with E-state index in [0.29, 0.717) is 6.54 Å². The minimum atomic E-state index is -0.437. The fourth-order valence-electron chi connectivity index (χ4n) is 2.18. The second-order valence-electron chi connectivity index (χ2n) is 5.43. The van der Waals surface area contributed by atoms with Crippen LogP contribution in [-0.4, -0.2) is 35.2 Å². The summed E-state index contributed by atoms with van der Waals surface area (Å²) in [5.74, 6) is 0. The first-order valence-corrected chi connectivity index (χ1v) is 6.10. The van der Waals surface area contributed by atoms with Gasteiger partial charge in [0, 0.05) is 12.6 Å². The summed E-state index contributed by atoms with van der Waals surface area (Å²) >= 11 is 0. The number of likely N-dealkylation sites (N-methyl/N-ethyl adjacent to an activating group) is 1. The minimum absolute atomic E-state index is 0.104. The summed E-state index contributed by atoms with van der Waals surface area (Å²) in [5.41, 5.74) is 5.57. The molecule has 0 bridgehead atoms. The van der Waals surface area contributed by atoms with E-state index < -0.39 is 5.60 Å². The van der Waals surface area contributed by atoms with Crippen molar-refractivity contribution in [3.05, 3.63) is 0 Å². The van der Waals surface area contributed by atoms with Crippen LogP contribution in [0.1, 0.15) is 47.0 Å². The molecule has 1 aliphatic rings. The molecular weight excluding hydrogens is 204 g/mol. The number of hydrogen-bond acceptors (Lipinski definition) is 3. The number of carbonyl (C=O) groups is 1. The lowest BCUT2D eigenvalue weighted by Gasteiger charge is -2.32. The maximum absolute atomic E-state index is 12.0. The molecule has 94 valence electrons. The molecule has 0 radical (unpaired) electrons. The zero-order valence-electron chi connectivity index (χ0n) is 10.8. The molecule has 0 aromatic rings. The van der Waals surface area contributed by atoms with Gasteiger partial charge in [-0.1, -0.05) is 0 Å². The third-order valence-electron chi connectivity index (χ3n) is 2.90. The number of ether oxygens (including phenoxy) is 1. The number of carbonyl (C=O) groups excluding carboxylic acids is 1. The molecule has 16 heavy (non-hydrogen) atoms. The molecule has 1 fully saturated rings. The Morgan fingerprint density at radius 3 is 2.44 bits per heavy atom. The van der Waals surface area contributed by atoms with Crippen LogP contribution in [0.3, 0.4) is 0 Å². The van der Waals surface area contributed by atoms with Gasteiger partial charge in [0.2, 0.25) is 0 Å². The van der Waals surface area contributed by atoms with Gasteiger partial charge in [-0.2, -0.15) is 0 Å². The van der Waals surface area contributed by atoms with E-state index in [2.05, 4.69) is 0 Å². The highest BCUT2D eigenvalue weighted by Crippen LogP contribution is 2.24. The smallest absolute Gasteiger partial charge is 0.410 e. The number of nitrogens with zero attached hydrogens (tertiary/aromatic N) is 1. The minimum Gasteiger partial charge on any atom is -0.444 e. The van der Waals surface area contributed by atoms with Crippen LogP contribution in [-0.2, 0) is 4.74 Å². The SMILES string of the molecule is CCN(C(=O)OC(C)(C)C)[C@@H]1CCC[C@@H]1N. The van der Waals surface area contributed by atoms with Gasteiger partial charge in [0.1, 0.15) is 5.60 Å². The number of nitrogens with two attached hydrogens (primary N) is 1. The van der Waals surface area contributed by atoms with Crippen LogP contribution in [0.25, 0.3) is 0 Å². The zero-order valence-corrected chi connectivity index (χ0v) is 10.8. The summed E-state index contributed by atoms with van der Waals surface area (Å²) in [4.78, 5) is 13.7. The predicted molar refractivity (Wildman–Crippen MR) is 64.2 cm³/mol. The average molecular weight is 228 g/mol. The Morgan fingerprint density at radius 1 is 1.44 bits per heavy atom. The summed E-state index contributed by atoms with van der Waals surface area (Å²) in [6.07, 6.45) is 2.86. The van der Waals surface area contributed by atoms with E-state index in [1.54, 1.807) is 4.90 Å². The van der Waals surface area contributed by atoms with Crippen LogP contribution in [0.4, 0.5) is 4.79 Å². The van der Waals surface area contributed by atoms with Gasteiger partial charge in [0.05, 0.1) is 6.04 Å². The van der Waals surface area contributed by atoms with Crippen molar-refractivity contribution in [2.24, 2.45) is 5.73 Å². The Labute approximate surface area is 98.1 Å². The van der Waals surface area contributed by atoms with Crippen LogP contribution >= 0.6 is 0 Å². The van der Waals surface area contributed by atoms with Gasteiger partial charge >= 0.3 is 6.09 Å². The highest BCUT2D eigenvalue weighted by atomic mass is 16.6. The zero-order chi connectivity index (χ0) is 12.3. The third-order valence-corrected chi connectivity index (χ3v) is 2.90. The van der Waals surface area contributed by atoms with Crippen molar-refractivity contribution in [1.82, 2.24) is 4.90 Å². The van der Waals surface area contributed by atoms with Gasteiger partial charge in [0.15, 0.2) is 0 Å². The van der Waals surface area contributed by atoms with Crippen molar-refractivity contribution in [3.8, 4) is 0 Å². The van der Waals surface area contributed by atoms with Gasteiger partial charge < -0.3 is 15.4 Å². The van der Waals surface area contributed by atoms with Crippen molar-refractivity contribution in [2.75, 3.05) is 6.54 Å². The second-order valence-corrected chi connectivity index (χ2v) is 5.43. The Hall–Kier alpha value is -0.770. The second kappa shape index (κ2) is 5.04. The molecule has 4 heteroatoms. The molecule has 0 saturated heterocycles. The molecule has 1 aliphatic carbocycles. The lowest BCUT2D eigenvalue weighted by atomic mass is 10.1. The van der Waals surface area contributed by atoms with Crippen molar-refractivity contribution >= 4 is 6.09 Å². The molecule has 0 aromatic carbocycles. The summed E-state index contributed by atoms with van der Waals surface area (Å²) in [6.45, 7) is 8.27. The number of hydrogen-bond donors (Lipinski definition) is 1. The summed E-state index contributed by atoms with van der Waals surface area (Å²) in [6, 6.07) is 0.257. The van der Waals surface area contributed by atoms with Gasteiger partial charge in [-0.15, -0.1) is 0 Å². The largest absolute Gasteiger partial charge is 0.444 e. The molecule has 1 saturated carbocycles. The lowest BCUT2D eigenvalue weighted by Crippen LogP contribution is -2.49. The highest BCUT2D eigenvalue weighted by molar-refractivity contribution is 5.68. The fourth-order valence-corrected chi connectivity index (χ4v) is 2.18. The van der Waals surface area contributed by atoms with Crippen LogP contribution in [0, 0.1) is 0 Å². The molecule has 1 amide bonds. The summed E-state index contributed by atoms with van der Waals surface area (Å²) < 4.78 is 5.38. The first kappa shape index (κ1) is 13.3. The molecule has 0 aromatic heterocycles. The summed E-state index contributed by atoms with van der Waals surface area (Å²) in [5, 5.41) is 0. The summed E-state index contributed by atoms with van der Waals surface area (Å²) in [7, 11) is 0. The Kier molecular flexibility index (Phi) is 4.19. The van der Waals surface area contributed by atoms with Crippen molar-refractivity contribution < 1.29 is 9.53 Å². The molecule has 0 aliphatic heterocycles. The van der Waals surface area contributed by atoms with Crippen molar-refractivity contribution in [2.45, 2.75) is 64.6 Å². The number of amides is 1. The topological polar surface area (TPSA) is 55.6 Å². The molecule has 0 heterocycles. The highest BCUT2D eigenvalue weighted by Gasteiger charge is 2.33. The third kappa shape index (κ3) is 3.37. The van der Waals surface area contributed by atoms with Crippen molar-refractivity contribution in [3.63, 3.8) is 0 Å². The predicted octanol–water partition coefficient (Wildman–Crippen LogP) is 2.12. The van der Waals surface area contributed by atoms with Gasteiger partial charge in [-0.3, -0.25) is 0 Å². The Balaban J connectivity index is 2.63. The van der Waals surface area contributed by atoms with Crippen LogP contribution in [0.15, 0.2) is 0 Å². The molecule has 1 rings (SSSR count). The first-order valence-electron chi connectivity index (χ1n) is 6.10. The average Bonchev–Trinajstić information content (AvgIpc) is 2.50. The molecule has 2 atom stereocenters. The molecule has 0 spiro atoms. The lowest BCUT2D eigenvalue weighted by molar-refractivity contribution is 0.0164. The molecule has 4 nitrogen and oxygen atoms in total. The van der Waals surface area contributed by atoms with E-state index in [0.717, 1.165) is 19.3 Å². The van der Waals surface area contributed by atoms with E-state index in [1.165, 1.54) is 0 Å². The van der Waals surface area contributed by atoms with Crippen LogP contribution in [0.2, 0.25) is 0 Å². The molecule has 0 unspecified atom stereocenters. The molecule has 2 N–H and O–H groups in total. The monoisotopic (exact) mass is 228 g/mol. The van der Waals surface area contributed by atoms with E-state index in [9.17, 15) is 4.79 Å². The van der Waals surface area contributed by atoms with E-state index in [4.69, 9.17) is 10.5 Å². The van der Waals surface area contributed by atoms with E-state index in [-0.39, 0.29) is 18.2 Å². The quantitative estimate of drug-likeness (QED) is 0.787. The Morgan fingerprint density at radius 2 is 2.06 bits per heavy atom. The maximum Gasteiger partial charge on any atom is 0.410 e. The van der Waals surface area contributed by atoms with Crippen molar-refractivity contribution in [1.29, 1.82) is 0 Å². The van der Waals surface area contributed by atoms with Crippen LogP contribution in [0.5, 0.6) is 0 Å². The number of rotatable bonds is 2. The van der Waals surface area contributed by atoms with Gasteiger partial charge in [-0.25, -0.2) is 4.79 Å². The van der Waals surface area contributed by atoms with E-state index in [1.807, 2.05) is 27.7 Å². The normalized spacial score (nSPS) is 25.6. The van der Waals surface area contributed by atoms with Crippen LogP contribution < -0.4 is 5.73 Å². The fraction of sp³-hybridized carbons (Fsp3) is 0.917. The Bertz CT molecular complexity index is 248. The van der Waals surface area contributed by atoms with Gasteiger partial charge in [0.25, 0.3) is 0 Å². The van der Waals surface area contributed by atoms with Gasteiger partial charge in [-0.05, 0) is 47.0 Å². The maximum atomic E-state index is 12.0. The first-order chi connectivity index (χ1) is 7.35. The standard InChI is InChI=1S/C12H24N2O2/c1-5-14(10-8-6-7-9(10)13)11(15)16-12(2,3)4/h9-10H,5-8,13H2,1-4H3/t9-,10+/m0/s1.